The average molecular weight is 896 g/mol. The molecule has 19 heteroatoms. The van der Waals surface area contributed by atoms with Gasteiger partial charge in [0.05, 0.1) is 38.6 Å². The lowest BCUT2D eigenvalue weighted by molar-refractivity contribution is -0.379. The van der Waals surface area contributed by atoms with Crippen LogP contribution in [0.5, 0.6) is 0 Å². The summed E-state index contributed by atoms with van der Waals surface area (Å²) in [4.78, 5) is 13.0. The predicted octanol–water partition coefficient (Wildman–Crippen LogP) is -0.699. The van der Waals surface area contributed by atoms with Crippen LogP contribution >= 0.6 is 0 Å². The van der Waals surface area contributed by atoms with Crippen molar-refractivity contribution in [2.75, 3.05) is 26.4 Å². The van der Waals surface area contributed by atoms with E-state index in [1.54, 1.807) is 12.2 Å². The van der Waals surface area contributed by atoms with E-state index in [1.165, 1.54) is 25.7 Å². The lowest BCUT2D eigenvalue weighted by Crippen LogP contribution is -2.66. The van der Waals surface area contributed by atoms with Crippen LogP contribution < -0.4 is 5.32 Å². The number of carbonyl (C=O) groups is 1. The van der Waals surface area contributed by atoms with Crippen LogP contribution in [0.3, 0.4) is 0 Å². The quantitative estimate of drug-likeness (QED) is 0.0326. The monoisotopic (exact) mass is 896 g/mol. The van der Waals surface area contributed by atoms with Gasteiger partial charge < -0.3 is 89.9 Å². The van der Waals surface area contributed by atoms with Gasteiger partial charge in [0, 0.05) is 6.42 Å². The molecule has 3 saturated heterocycles. The molecular formula is C43H77NO18. The highest BCUT2D eigenvalue weighted by atomic mass is 16.8. The van der Waals surface area contributed by atoms with Crippen LogP contribution in [-0.2, 0) is 33.2 Å². The van der Waals surface area contributed by atoms with E-state index in [0.29, 0.717) is 12.8 Å². The molecule has 3 rings (SSSR count). The molecule has 62 heavy (non-hydrogen) atoms. The Morgan fingerprint density at radius 3 is 1.60 bits per heavy atom. The highest BCUT2D eigenvalue weighted by Crippen LogP contribution is 2.33. The largest absolute Gasteiger partial charge is 0.394 e. The number of allylic oxidation sites excluding steroid dienone is 3. The molecule has 0 bridgehead atoms. The van der Waals surface area contributed by atoms with Crippen LogP contribution in [-0.4, -0.2) is 193 Å². The van der Waals surface area contributed by atoms with Gasteiger partial charge in [-0.1, -0.05) is 89.5 Å². The Labute approximate surface area is 365 Å². The van der Waals surface area contributed by atoms with Gasteiger partial charge in [-0.15, -0.1) is 0 Å². The third-order valence-corrected chi connectivity index (χ3v) is 11.5. The number of nitrogens with one attached hydrogen (secondary N) is 1. The maximum Gasteiger partial charge on any atom is 0.220 e. The van der Waals surface area contributed by atoms with Crippen molar-refractivity contribution in [1.82, 2.24) is 5.32 Å². The number of hydrogen-bond acceptors (Lipinski definition) is 18. The zero-order chi connectivity index (χ0) is 45.6. The van der Waals surface area contributed by atoms with Crippen molar-refractivity contribution in [3.63, 3.8) is 0 Å². The fraction of sp³-hybridized carbons (Fsp3) is 0.884. The molecule has 0 aromatic carbocycles. The first-order valence-corrected chi connectivity index (χ1v) is 22.6. The van der Waals surface area contributed by atoms with Gasteiger partial charge >= 0.3 is 0 Å². The lowest BCUT2D eigenvalue weighted by atomic mass is 9.96. The average Bonchev–Trinajstić information content (AvgIpc) is 3.27. The Hall–Kier alpha value is -1.73. The summed E-state index contributed by atoms with van der Waals surface area (Å²) in [6.07, 6.45) is -4.22. The zero-order valence-corrected chi connectivity index (χ0v) is 36.3. The van der Waals surface area contributed by atoms with Crippen molar-refractivity contribution in [2.45, 2.75) is 214 Å². The molecule has 17 atom stereocenters. The molecule has 0 radical (unpaired) electrons. The SMILES string of the molecule is CCCC/C=C/C(O)C(COC1OC(CO)C(OC2OC(CO)C(OC3OC(CO)C(O)C(O)C3O)C(O)C2O)C(O)C1O)NC(=O)CCCCCCC/C=C\CCCCCC. The first-order chi connectivity index (χ1) is 29.8. The highest BCUT2D eigenvalue weighted by molar-refractivity contribution is 5.76. The molecular weight excluding hydrogens is 818 g/mol. The number of amides is 1. The molecule has 3 fully saturated rings. The molecule has 0 aromatic rings. The van der Waals surface area contributed by atoms with E-state index in [1.807, 2.05) is 6.92 Å². The van der Waals surface area contributed by atoms with Crippen molar-refractivity contribution in [1.29, 1.82) is 0 Å². The molecule has 0 aromatic heterocycles. The molecule has 3 aliphatic rings. The van der Waals surface area contributed by atoms with Crippen molar-refractivity contribution in [3.05, 3.63) is 24.3 Å². The van der Waals surface area contributed by atoms with Gasteiger partial charge in [-0.3, -0.25) is 4.79 Å². The normalized spacial score (nSPS) is 35.4. The maximum atomic E-state index is 13.0. The summed E-state index contributed by atoms with van der Waals surface area (Å²) >= 11 is 0. The second-order valence-corrected chi connectivity index (χ2v) is 16.5. The Kier molecular flexibility index (Phi) is 26.2. The fourth-order valence-electron chi connectivity index (χ4n) is 7.58. The van der Waals surface area contributed by atoms with Crippen LogP contribution in [0.25, 0.3) is 0 Å². The van der Waals surface area contributed by atoms with E-state index >= 15 is 0 Å². The number of ether oxygens (including phenoxy) is 6. The summed E-state index contributed by atoms with van der Waals surface area (Å²) in [7, 11) is 0. The van der Waals surface area contributed by atoms with Crippen LogP contribution in [0.2, 0.25) is 0 Å². The molecule has 3 aliphatic heterocycles. The van der Waals surface area contributed by atoms with Crippen LogP contribution in [0, 0.1) is 0 Å². The first-order valence-electron chi connectivity index (χ1n) is 22.6. The van der Waals surface area contributed by atoms with Crippen LogP contribution in [0.1, 0.15) is 110 Å². The van der Waals surface area contributed by atoms with Crippen LogP contribution in [0.15, 0.2) is 24.3 Å². The molecule has 0 spiro atoms. The molecule has 0 saturated carbocycles. The van der Waals surface area contributed by atoms with E-state index in [2.05, 4.69) is 24.4 Å². The summed E-state index contributed by atoms with van der Waals surface area (Å²) in [5.41, 5.74) is 0. The van der Waals surface area contributed by atoms with Gasteiger partial charge in [0.25, 0.3) is 0 Å². The molecule has 17 unspecified atom stereocenters. The van der Waals surface area contributed by atoms with Gasteiger partial charge in [0.15, 0.2) is 18.9 Å². The van der Waals surface area contributed by atoms with Crippen LogP contribution in [0.4, 0.5) is 0 Å². The molecule has 19 nitrogen and oxygen atoms in total. The Bertz CT molecular complexity index is 1260. The summed E-state index contributed by atoms with van der Waals surface area (Å²) < 4.78 is 33.8. The third-order valence-electron chi connectivity index (χ3n) is 11.5. The molecule has 1 amide bonds. The van der Waals surface area contributed by atoms with Crippen molar-refractivity contribution in [2.24, 2.45) is 0 Å². The van der Waals surface area contributed by atoms with Gasteiger partial charge in [0.1, 0.15) is 73.2 Å². The smallest absolute Gasteiger partial charge is 0.220 e. The summed E-state index contributed by atoms with van der Waals surface area (Å²) in [6.45, 7) is 1.46. The lowest BCUT2D eigenvalue weighted by Gasteiger charge is -2.48. The number of rotatable bonds is 29. The van der Waals surface area contributed by atoms with E-state index in [4.69, 9.17) is 28.4 Å². The number of aliphatic hydroxyl groups excluding tert-OH is 11. The highest BCUT2D eigenvalue weighted by Gasteiger charge is 2.53. The van der Waals surface area contributed by atoms with E-state index in [0.717, 1.165) is 51.4 Å². The predicted molar refractivity (Wildman–Crippen MR) is 222 cm³/mol. The van der Waals surface area contributed by atoms with E-state index < -0.39 is 124 Å². The number of carbonyl (C=O) groups excluding carboxylic acids is 1. The molecule has 362 valence electrons. The van der Waals surface area contributed by atoms with Gasteiger partial charge in [-0.2, -0.15) is 0 Å². The standard InChI is InChI=1S/C43H77NO18/c1-3-5-7-9-10-11-12-13-14-15-16-17-19-21-31(49)44-26(27(48)20-18-8-6-4-2)25-57-41-37(55)34(52)39(29(23-46)59-41)62-43-38(56)35(53)40(30(24-47)60-43)61-42-36(54)33(51)32(50)28(22-45)58-42/h11-12,18,20,26-30,32-43,45-48,50-56H,3-10,13-17,19,21-25H2,1-2H3,(H,44,49)/b12-11-,20-18+. The first kappa shape index (κ1) is 54.6. The molecule has 12 N–H and O–H groups in total. The van der Waals surface area contributed by atoms with Crippen molar-refractivity contribution in [3.8, 4) is 0 Å². The minimum Gasteiger partial charge on any atom is -0.394 e. The molecule has 0 aliphatic carbocycles. The second kappa shape index (κ2) is 29.7. The maximum absolute atomic E-state index is 13.0. The van der Waals surface area contributed by atoms with Gasteiger partial charge in [-0.05, 0) is 38.5 Å². The number of hydrogen-bond donors (Lipinski definition) is 12. The van der Waals surface area contributed by atoms with E-state index in [-0.39, 0.29) is 18.9 Å². The summed E-state index contributed by atoms with van der Waals surface area (Å²) in [5.74, 6) is -0.298. The topological polar surface area (TPSA) is 307 Å². The Morgan fingerprint density at radius 1 is 0.565 bits per heavy atom. The van der Waals surface area contributed by atoms with E-state index in [9.17, 15) is 61.0 Å². The second-order valence-electron chi connectivity index (χ2n) is 16.5. The fourth-order valence-corrected chi connectivity index (χ4v) is 7.58. The summed E-state index contributed by atoms with van der Waals surface area (Å²) in [6, 6.07) is -0.968. The summed E-state index contributed by atoms with van der Waals surface area (Å²) in [5, 5.41) is 119. The van der Waals surface area contributed by atoms with Crippen molar-refractivity contribution >= 4 is 5.91 Å². The third kappa shape index (κ3) is 16.9. The minimum atomic E-state index is -1.97. The van der Waals surface area contributed by atoms with Gasteiger partial charge in [0.2, 0.25) is 5.91 Å². The Balaban J connectivity index is 1.55. The number of aliphatic hydroxyl groups is 11. The zero-order valence-electron chi connectivity index (χ0n) is 36.3. The van der Waals surface area contributed by atoms with Gasteiger partial charge in [-0.25, -0.2) is 0 Å². The Morgan fingerprint density at radius 2 is 1.03 bits per heavy atom. The van der Waals surface area contributed by atoms with Crippen molar-refractivity contribution < 1.29 is 89.4 Å². The number of unbranched alkanes of at least 4 members (excludes halogenated alkanes) is 11. The minimum absolute atomic E-state index is 0.231. The molecule has 3 heterocycles.